The Hall–Kier alpha value is -2.63. The van der Waals surface area contributed by atoms with Crippen molar-refractivity contribution >= 4 is 44.6 Å². The lowest BCUT2D eigenvalue weighted by Crippen LogP contribution is -2.10. The summed E-state index contributed by atoms with van der Waals surface area (Å²) in [4.78, 5) is 13.2. The summed E-state index contributed by atoms with van der Waals surface area (Å²) in [6.07, 6.45) is 0. The number of aromatic nitrogens is 2. The van der Waals surface area contributed by atoms with Crippen LogP contribution >= 0.6 is 22.9 Å². The molecule has 1 N–H and O–H groups in total. The molecule has 1 amide bonds. The van der Waals surface area contributed by atoms with Gasteiger partial charge in [0.25, 0.3) is 5.91 Å². The molecule has 4 nitrogen and oxygen atoms in total. The van der Waals surface area contributed by atoms with Crippen molar-refractivity contribution < 1.29 is 4.79 Å². The number of anilines is 1. The third kappa shape index (κ3) is 3.36. The molecule has 0 unspecified atom stereocenters. The van der Waals surface area contributed by atoms with Crippen LogP contribution < -0.4 is 5.32 Å². The molecule has 2 heterocycles. The van der Waals surface area contributed by atoms with E-state index in [0.29, 0.717) is 9.90 Å². The summed E-state index contributed by atoms with van der Waals surface area (Å²) in [5.41, 5.74) is 4.85. The maximum Gasteiger partial charge on any atom is 0.267 e. The molecule has 4 aromatic rings. The van der Waals surface area contributed by atoms with Gasteiger partial charge in [0.1, 0.15) is 4.88 Å². The fraction of sp³-hybridized carbons (Fsp3) is 0.143. The molecule has 6 heteroatoms. The number of carbonyl (C=O) groups is 1. The number of amides is 1. The highest BCUT2D eigenvalue weighted by Gasteiger charge is 2.17. The highest BCUT2D eigenvalue weighted by atomic mass is 35.5. The van der Waals surface area contributed by atoms with E-state index in [2.05, 4.69) is 10.4 Å². The Balaban J connectivity index is 1.58. The van der Waals surface area contributed by atoms with Crippen molar-refractivity contribution in [2.24, 2.45) is 0 Å². The van der Waals surface area contributed by atoms with E-state index in [1.54, 1.807) is 0 Å². The zero-order chi connectivity index (χ0) is 19.1. The van der Waals surface area contributed by atoms with Crippen molar-refractivity contribution in [3.8, 4) is 5.69 Å². The Bertz CT molecular complexity index is 1160. The molecular formula is C21H18ClN3OS. The number of thiophene rings is 1. The third-order valence-electron chi connectivity index (χ3n) is 4.37. The third-order valence-corrected chi connectivity index (χ3v) is 6.03. The Morgan fingerprint density at radius 2 is 1.81 bits per heavy atom. The van der Waals surface area contributed by atoms with Gasteiger partial charge in [-0.3, -0.25) is 4.79 Å². The first-order valence-corrected chi connectivity index (χ1v) is 9.75. The second-order valence-electron chi connectivity index (χ2n) is 6.58. The van der Waals surface area contributed by atoms with E-state index in [1.807, 2.05) is 74.0 Å². The van der Waals surface area contributed by atoms with Gasteiger partial charge in [0.15, 0.2) is 0 Å². The number of rotatable bonds is 3. The molecule has 0 fully saturated rings. The van der Waals surface area contributed by atoms with Crippen LogP contribution in [0.1, 0.15) is 26.6 Å². The van der Waals surface area contributed by atoms with Gasteiger partial charge in [0.2, 0.25) is 0 Å². The average molecular weight is 396 g/mol. The predicted molar refractivity (Wildman–Crippen MR) is 113 cm³/mol. The molecule has 2 aromatic carbocycles. The molecule has 4 rings (SSSR count). The van der Waals surface area contributed by atoms with Gasteiger partial charge in [-0.1, -0.05) is 23.7 Å². The number of aryl methyl sites for hydroxylation is 3. The maximum absolute atomic E-state index is 12.7. The minimum atomic E-state index is -0.197. The lowest BCUT2D eigenvalue weighted by atomic mass is 10.2. The van der Waals surface area contributed by atoms with E-state index in [1.165, 1.54) is 11.3 Å². The number of hydrogen-bond donors (Lipinski definition) is 1. The SMILES string of the molecule is Cc1ccc2c(Cl)c(C(=O)Nc3ccc(-n4nc(C)cc4C)cc3)sc2c1. The first-order chi connectivity index (χ1) is 12.9. The Kier molecular flexibility index (Phi) is 4.50. The quantitative estimate of drug-likeness (QED) is 0.468. The Labute approximate surface area is 166 Å². The van der Waals surface area contributed by atoms with E-state index >= 15 is 0 Å². The number of hydrogen-bond acceptors (Lipinski definition) is 3. The van der Waals surface area contributed by atoms with E-state index < -0.39 is 0 Å². The van der Waals surface area contributed by atoms with Gasteiger partial charge in [-0.05, 0) is 62.7 Å². The molecule has 0 aliphatic heterocycles. The van der Waals surface area contributed by atoms with E-state index in [-0.39, 0.29) is 5.91 Å². The summed E-state index contributed by atoms with van der Waals surface area (Å²) in [6.45, 7) is 6.01. The summed E-state index contributed by atoms with van der Waals surface area (Å²) >= 11 is 7.85. The predicted octanol–water partition coefficient (Wildman–Crippen LogP) is 5.92. The van der Waals surface area contributed by atoms with Gasteiger partial charge >= 0.3 is 0 Å². The van der Waals surface area contributed by atoms with Crippen LogP contribution in [0, 0.1) is 20.8 Å². The van der Waals surface area contributed by atoms with Crippen LogP contribution in [-0.2, 0) is 0 Å². The summed E-state index contributed by atoms with van der Waals surface area (Å²) in [6, 6.07) is 15.6. The largest absolute Gasteiger partial charge is 0.321 e. The van der Waals surface area contributed by atoms with Crippen molar-refractivity contribution in [3.63, 3.8) is 0 Å². The standard InChI is InChI=1S/C21H18ClN3OS/c1-12-4-9-17-18(10-12)27-20(19(17)22)21(26)23-15-5-7-16(8-6-15)25-14(3)11-13(2)24-25/h4-11H,1-3H3,(H,23,26). The van der Waals surface area contributed by atoms with Crippen LogP contribution in [0.2, 0.25) is 5.02 Å². The monoisotopic (exact) mass is 395 g/mol. The van der Waals surface area contributed by atoms with Crippen LogP contribution in [0.5, 0.6) is 0 Å². The molecule has 0 bridgehead atoms. The second-order valence-corrected chi connectivity index (χ2v) is 8.01. The lowest BCUT2D eigenvalue weighted by molar-refractivity contribution is 0.103. The summed E-state index contributed by atoms with van der Waals surface area (Å²) < 4.78 is 2.90. The van der Waals surface area contributed by atoms with Crippen LogP contribution in [-0.4, -0.2) is 15.7 Å². The van der Waals surface area contributed by atoms with Crippen molar-refractivity contribution in [3.05, 3.63) is 75.4 Å². The zero-order valence-electron chi connectivity index (χ0n) is 15.2. The molecule has 0 spiro atoms. The van der Waals surface area contributed by atoms with Gasteiger partial charge in [0.05, 0.1) is 16.4 Å². The van der Waals surface area contributed by atoms with Crippen molar-refractivity contribution in [1.82, 2.24) is 9.78 Å². The van der Waals surface area contributed by atoms with Crippen molar-refractivity contribution in [1.29, 1.82) is 0 Å². The summed E-state index contributed by atoms with van der Waals surface area (Å²) in [5.74, 6) is -0.197. The highest BCUT2D eigenvalue weighted by molar-refractivity contribution is 7.21. The Morgan fingerprint density at radius 3 is 2.48 bits per heavy atom. The van der Waals surface area contributed by atoms with Crippen molar-refractivity contribution in [2.75, 3.05) is 5.32 Å². The molecule has 136 valence electrons. The van der Waals surface area contributed by atoms with Gasteiger partial charge in [-0.25, -0.2) is 4.68 Å². The normalized spacial score (nSPS) is 11.1. The fourth-order valence-electron chi connectivity index (χ4n) is 3.08. The molecule has 0 radical (unpaired) electrons. The van der Waals surface area contributed by atoms with Gasteiger partial charge in [-0.2, -0.15) is 5.10 Å². The van der Waals surface area contributed by atoms with E-state index in [4.69, 9.17) is 11.6 Å². The first-order valence-electron chi connectivity index (χ1n) is 8.56. The zero-order valence-corrected chi connectivity index (χ0v) is 16.8. The molecule has 0 aliphatic rings. The van der Waals surface area contributed by atoms with Crippen LogP contribution in [0.15, 0.2) is 48.5 Å². The highest BCUT2D eigenvalue weighted by Crippen LogP contribution is 2.36. The first kappa shape index (κ1) is 17.8. The summed E-state index contributed by atoms with van der Waals surface area (Å²) in [5, 5.41) is 8.83. The number of fused-ring (bicyclic) bond motifs is 1. The molecule has 0 atom stereocenters. The minimum absolute atomic E-state index is 0.197. The number of benzene rings is 2. The molecule has 27 heavy (non-hydrogen) atoms. The van der Waals surface area contributed by atoms with Gasteiger partial charge in [0, 0.05) is 21.5 Å². The second kappa shape index (κ2) is 6.83. The number of nitrogens with zero attached hydrogens (tertiary/aromatic N) is 2. The molecular weight excluding hydrogens is 378 g/mol. The van der Waals surface area contributed by atoms with E-state index in [0.717, 1.165) is 38.4 Å². The van der Waals surface area contributed by atoms with Crippen LogP contribution in [0.3, 0.4) is 0 Å². The number of carbonyl (C=O) groups excluding carboxylic acids is 1. The van der Waals surface area contributed by atoms with Gasteiger partial charge in [-0.15, -0.1) is 11.3 Å². The van der Waals surface area contributed by atoms with Crippen LogP contribution in [0.25, 0.3) is 15.8 Å². The fourth-order valence-corrected chi connectivity index (χ4v) is 4.59. The van der Waals surface area contributed by atoms with Crippen molar-refractivity contribution in [2.45, 2.75) is 20.8 Å². The Morgan fingerprint density at radius 1 is 1.07 bits per heavy atom. The van der Waals surface area contributed by atoms with E-state index in [9.17, 15) is 4.79 Å². The number of halogens is 1. The molecule has 0 saturated heterocycles. The number of nitrogens with one attached hydrogen (secondary N) is 1. The molecule has 0 saturated carbocycles. The van der Waals surface area contributed by atoms with Crippen LogP contribution in [0.4, 0.5) is 5.69 Å². The summed E-state index contributed by atoms with van der Waals surface area (Å²) in [7, 11) is 0. The molecule has 2 aromatic heterocycles. The maximum atomic E-state index is 12.7. The lowest BCUT2D eigenvalue weighted by Gasteiger charge is -2.07. The topological polar surface area (TPSA) is 46.9 Å². The van der Waals surface area contributed by atoms with Gasteiger partial charge < -0.3 is 5.32 Å². The minimum Gasteiger partial charge on any atom is -0.321 e. The molecule has 0 aliphatic carbocycles. The average Bonchev–Trinajstić information content (AvgIpc) is 3.14. The smallest absolute Gasteiger partial charge is 0.267 e.